The van der Waals surface area contributed by atoms with Crippen LogP contribution in [-0.4, -0.2) is 25.7 Å². The second-order valence-electron chi connectivity index (χ2n) is 4.68. The van der Waals surface area contributed by atoms with Crippen molar-refractivity contribution in [3.63, 3.8) is 0 Å². The number of hydrogen-bond donors (Lipinski definition) is 1. The molecule has 0 heterocycles. The molecule has 2 rings (SSSR count). The van der Waals surface area contributed by atoms with Crippen molar-refractivity contribution in [1.82, 2.24) is 0 Å². The van der Waals surface area contributed by atoms with E-state index in [9.17, 15) is 4.79 Å². The van der Waals surface area contributed by atoms with Gasteiger partial charge < -0.3 is 14.8 Å². The number of nitrogens with one attached hydrogen (secondary N) is 1. The number of halogens is 2. The van der Waals surface area contributed by atoms with Crippen molar-refractivity contribution in [2.45, 2.75) is 6.92 Å². The van der Waals surface area contributed by atoms with Crippen LogP contribution in [-0.2, 0) is 4.74 Å². The highest BCUT2D eigenvalue weighted by atomic mass is 35.5. The van der Waals surface area contributed by atoms with Gasteiger partial charge in [-0.05, 0) is 49.4 Å². The van der Waals surface area contributed by atoms with Crippen molar-refractivity contribution in [3.05, 3.63) is 58.1 Å². The van der Waals surface area contributed by atoms with E-state index in [0.717, 1.165) is 0 Å². The van der Waals surface area contributed by atoms with Gasteiger partial charge in [-0.1, -0.05) is 23.2 Å². The third-order valence-corrected chi connectivity index (χ3v) is 3.37. The second-order valence-corrected chi connectivity index (χ2v) is 5.55. The van der Waals surface area contributed by atoms with E-state index in [0.29, 0.717) is 46.9 Å². The lowest BCUT2D eigenvalue weighted by molar-refractivity contribution is 0.102. The topological polar surface area (TPSA) is 47.6 Å². The van der Waals surface area contributed by atoms with Crippen LogP contribution in [0.25, 0.3) is 0 Å². The number of carbonyl (C=O) groups excluding carboxylic acids is 1. The molecule has 4 nitrogen and oxygen atoms in total. The summed E-state index contributed by atoms with van der Waals surface area (Å²) >= 11 is 11.8. The van der Waals surface area contributed by atoms with Crippen molar-refractivity contribution >= 4 is 34.8 Å². The van der Waals surface area contributed by atoms with E-state index in [2.05, 4.69) is 5.32 Å². The normalized spacial score (nSPS) is 10.4. The van der Waals surface area contributed by atoms with Gasteiger partial charge in [0.2, 0.25) is 0 Å². The lowest BCUT2D eigenvalue weighted by Crippen LogP contribution is -2.12. The predicted octanol–water partition coefficient (Wildman–Crippen LogP) is 4.66. The van der Waals surface area contributed by atoms with Crippen LogP contribution < -0.4 is 10.1 Å². The van der Waals surface area contributed by atoms with Gasteiger partial charge >= 0.3 is 0 Å². The molecular formula is C17H17Cl2NO3. The quantitative estimate of drug-likeness (QED) is 0.736. The molecule has 0 spiro atoms. The van der Waals surface area contributed by atoms with Crippen molar-refractivity contribution in [3.8, 4) is 5.75 Å². The first-order valence-corrected chi connectivity index (χ1v) is 7.92. The van der Waals surface area contributed by atoms with Crippen LogP contribution in [0.5, 0.6) is 5.75 Å². The van der Waals surface area contributed by atoms with Crippen molar-refractivity contribution in [1.29, 1.82) is 0 Å². The lowest BCUT2D eigenvalue weighted by atomic mass is 10.2. The maximum Gasteiger partial charge on any atom is 0.255 e. The van der Waals surface area contributed by atoms with Crippen LogP contribution >= 0.6 is 23.2 Å². The van der Waals surface area contributed by atoms with Gasteiger partial charge in [-0.3, -0.25) is 4.79 Å². The summed E-state index contributed by atoms with van der Waals surface area (Å²) in [6.45, 7) is 3.64. The molecule has 0 aliphatic carbocycles. The average Bonchev–Trinajstić information content (AvgIpc) is 2.52. The van der Waals surface area contributed by atoms with Gasteiger partial charge in [0.05, 0.1) is 6.61 Å². The zero-order chi connectivity index (χ0) is 16.7. The van der Waals surface area contributed by atoms with E-state index in [1.54, 1.807) is 42.5 Å². The zero-order valence-corrected chi connectivity index (χ0v) is 14.2. The molecule has 0 atom stereocenters. The summed E-state index contributed by atoms with van der Waals surface area (Å²) in [5, 5.41) is 3.61. The lowest BCUT2D eigenvalue weighted by Gasteiger charge is -2.09. The SMILES string of the molecule is CCOCCOc1ccc(NC(=O)c2cc(Cl)cc(Cl)c2)cc1. The minimum absolute atomic E-state index is 0.278. The summed E-state index contributed by atoms with van der Waals surface area (Å²) in [6, 6.07) is 11.8. The minimum Gasteiger partial charge on any atom is -0.491 e. The highest BCUT2D eigenvalue weighted by Gasteiger charge is 2.08. The Labute approximate surface area is 145 Å². The van der Waals surface area contributed by atoms with Gasteiger partial charge in [0.15, 0.2) is 0 Å². The van der Waals surface area contributed by atoms with Gasteiger partial charge in [-0.15, -0.1) is 0 Å². The first-order chi connectivity index (χ1) is 11.1. The molecule has 0 aromatic heterocycles. The first kappa shape index (κ1) is 17.6. The molecule has 0 radical (unpaired) electrons. The van der Waals surface area contributed by atoms with E-state index in [1.807, 2.05) is 6.92 Å². The molecule has 1 amide bonds. The summed E-state index contributed by atoms with van der Waals surface area (Å²) < 4.78 is 10.7. The molecule has 0 bridgehead atoms. The first-order valence-electron chi connectivity index (χ1n) is 7.16. The summed E-state index contributed by atoms with van der Waals surface area (Å²) in [5.41, 5.74) is 1.06. The van der Waals surface area contributed by atoms with Crippen LogP contribution in [0.3, 0.4) is 0 Å². The number of carbonyl (C=O) groups is 1. The van der Waals surface area contributed by atoms with Crippen LogP contribution in [0, 0.1) is 0 Å². The summed E-state index contributed by atoms with van der Waals surface area (Å²) in [6.07, 6.45) is 0. The van der Waals surface area contributed by atoms with E-state index >= 15 is 0 Å². The van der Waals surface area contributed by atoms with Gasteiger partial charge in [-0.25, -0.2) is 0 Å². The Morgan fingerprint density at radius 3 is 2.30 bits per heavy atom. The summed E-state index contributed by atoms with van der Waals surface area (Å²) in [7, 11) is 0. The fourth-order valence-electron chi connectivity index (χ4n) is 1.89. The second kappa shape index (κ2) is 8.77. The Hall–Kier alpha value is -1.75. The summed E-state index contributed by atoms with van der Waals surface area (Å²) in [4.78, 5) is 12.2. The molecular weight excluding hydrogens is 337 g/mol. The van der Waals surface area contributed by atoms with Crippen LogP contribution in [0.2, 0.25) is 10.0 Å². The number of ether oxygens (including phenoxy) is 2. The highest BCUT2D eigenvalue weighted by Crippen LogP contribution is 2.21. The third kappa shape index (κ3) is 5.75. The molecule has 2 aromatic rings. The standard InChI is InChI=1S/C17H17Cl2NO3/c1-2-22-7-8-23-16-5-3-15(4-6-16)20-17(21)12-9-13(18)11-14(19)10-12/h3-6,9-11H,2,7-8H2,1H3,(H,20,21). The predicted molar refractivity (Wildman–Crippen MR) is 92.8 cm³/mol. The number of hydrogen-bond acceptors (Lipinski definition) is 3. The third-order valence-electron chi connectivity index (χ3n) is 2.94. The Morgan fingerprint density at radius 2 is 1.70 bits per heavy atom. The van der Waals surface area contributed by atoms with Gasteiger partial charge in [0, 0.05) is 27.9 Å². The average molecular weight is 354 g/mol. The molecule has 1 N–H and O–H groups in total. The van der Waals surface area contributed by atoms with Gasteiger partial charge in [0.25, 0.3) is 5.91 Å². The maximum absolute atomic E-state index is 12.2. The molecule has 0 aliphatic heterocycles. The molecule has 6 heteroatoms. The summed E-state index contributed by atoms with van der Waals surface area (Å²) in [5.74, 6) is 0.438. The van der Waals surface area contributed by atoms with Gasteiger partial charge in [0.1, 0.15) is 12.4 Å². The molecule has 0 saturated heterocycles. The maximum atomic E-state index is 12.2. The molecule has 23 heavy (non-hydrogen) atoms. The Kier molecular flexibility index (Phi) is 6.71. The Balaban J connectivity index is 1.93. The van der Waals surface area contributed by atoms with Crippen LogP contribution in [0.1, 0.15) is 17.3 Å². The van der Waals surface area contributed by atoms with E-state index in [-0.39, 0.29) is 5.91 Å². The Morgan fingerprint density at radius 1 is 1.04 bits per heavy atom. The van der Waals surface area contributed by atoms with Crippen molar-refractivity contribution < 1.29 is 14.3 Å². The Bertz CT molecular complexity index is 639. The number of rotatable bonds is 7. The van der Waals surface area contributed by atoms with Crippen molar-refractivity contribution in [2.24, 2.45) is 0 Å². The number of anilines is 1. The number of benzene rings is 2. The molecule has 122 valence electrons. The molecule has 0 unspecified atom stereocenters. The highest BCUT2D eigenvalue weighted by molar-refractivity contribution is 6.35. The van der Waals surface area contributed by atoms with Crippen LogP contribution in [0.4, 0.5) is 5.69 Å². The molecule has 0 aliphatic rings. The molecule has 0 fully saturated rings. The van der Waals surface area contributed by atoms with Gasteiger partial charge in [-0.2, -0.15) is 0 Å². The largest absolute Gasteiger partial charge is 0.491 e. The molecule has 2 aromatic carbocycles. The fourth-order valence-corrected chi connectivity index (χ4v) is 2.41. The van der Waals surface area contributed by atoms with E-state index < -0.39 is 0 Å². The fraction of sp³-hybridized carbons (Fsp3) is 0.235. The monoisotopic (exact) mass is 353 g/mol. The van der Waals surface area contributed by atoms with Crippen molar-refractivity contribution in [2.75, 3.05) is 25.1 Å². The van der Waals surface area contributed by atoms with E-state index in [1.165, 1.54) is 0 Å². The molecule has 0 saturated carbocycles. The number of amides is 1. The zero-order valence-electron chi connectivity index (χ0n) is 12.6. The van der Waals surface area contributed by atoms with E-state index in [4.69, 9.17) is 32.7 Å². The van der Waals surface area contributed by atoms with Crippen LogP contribution in [0.15, 0.2) is 42.5 Å². The smallest absolute Gasteiger partial charge is 0.255 e. The minimum atomic E-state index is -0.278.